The van der Waals surface area contributed by atoms with Gasteiger partial charge in [-0.3, -0.25) is 8.97 Å². The van der Waals surface area contributed by atoms with E-state index in [0.29, 0.717) is 0 Å². The summed E-state index contributed by atoms with van der Waals surface area (Å²) >= 11 is 0. The van der Waals surface area contributed by atoms with E-state index in [-0.39, 0.29) is 0 Å². The maximum atomic E-state index is 6.58. The fourth-order valence-corrected chi connectivity index (χ4v) is 6.62. The molecule has 0 N–H and O–H groups in total. The number of ether oxygens (including phenoxy) is 1. The van der Waals surface area contributed by atoms with Gasteiger partial charge in [0.25, 0.3) is 0 Å². The van der Waals surface area contributed by atoms with Crippen molar-refractivity contribution in [2.45, 2.75) is 6.92 Å². The third kappa shape index (κ3) is 3.66. The Morgan fingerprint density at radius 2 is 1.23 bits per heavy atom. The van der Waals surface area contributed by atoms with Crippen LogP contribution in [0.3, 0.4) is 0 Å². The Morgan fingerprint density at radius 1 is 0.545 bits per heavy atom. The van der Waals surface area contributed by atoms with Crippen LogP contribution in [0.1, 0.15) is 5.56 Å². The molecule has 0 aliphatic heterocycles. The predicted molar refractivity (Wildman–Crippen MR) is 179 cm³/mol. The molecule has 4 heterocycles. The summed E-state index contributed by atoms with van der Waals surface area (Å²) < 4.78 is 11.1. The molecule has 4 aromatic heterocycles. The van der Waals surface area contributed by atoms with Gasteiger partial charge in [-0.2, -0.15) is 0 Å². The van der Waals surface area contributed by atoms with Crippen LogP contribution in [0.15, 0.2) is 140 Å². The van der Waals surface area contributed by atoms with Crippen molar-refractivity contribution in [1.82, 2.24) is 18.9 Å². The lowest BCUT2D eigenvalue weighted by molar-refractivity contribution is 0.484. The molecule has 0 aliphatic carbocycles. The highest BCUT2D eigenvalue weighted by molar-refractivity contribution is 6.13. The van der Waals surface area contributed by atoms with Crippen LogP contribution in [-0.4, -0.2) is 18.9 Å². The first-order chi connectivity index (χ1) is 21.7. The number of fused-ring (bicyclic) bond motifs is 9. The Bertz CT molecular complexity index is 2540. The van der Waals surface area contributed by atoms with Crippen molar-refractivity contribution in [1.29, 1.82) is 0 Å². The van der Waals surface area contributed by atoms with Gasteiger partial charge in [0.05, 0.1) is 28.4 Å². The van der Waals surface area contributed by atoms with Gasteiger partial charge >= 0.3 is 0 Å². The van der Waals surface area contributed by atoms with Crippen LogP contribution in [0, 0.1) is 6.92 Å². The van der Waals surface area contributed by atoms with Gasteiger partial charge in [0.15, 0.2) is 0 Å². The number of pyridine rings is 2. The van der Waals surface area contributed by atoms with Crippen LogP contribution in [0.25, 0.3) is 66.2 Å². The molecule has 0 saturated heterocycles. The topological polar surface area (TPSA) is 44.3 Å². The van der Waals surface area contributed by atoms with Gasteiger partial charge in [-0.25, -0.2) is 9.97 Å². The van der Waals surface area contributed by atoms with Gasteiger partial charge in [-0.1, -0.05) is 66.7 Å². The first kappa shape index (κ1) is 24.6. The molecule has 0 radical (unpaired) electrons. The number of hydrogen-bond acceptors (Lipinski definition) is 3. The summed E-state index contributed by atoms with van der Waals surface area (Å²) in [5, 5.41) is 5.71. The molecular weight excluding hydrogens is 540 g/mol. The summed E-state index contributed by atoms with van der Waals surface area (Å²) in [6.07, 6.45) is 3.82. The van der Waals surface area contributed by atoms with Gasteiger partial charge in [0.2, 0.25) is 0 Å². The first-order valence-corrected chi connectivity index (χ1v) is 14.7. The number of hydrogen-bond donors (Lipinski definition) is 0. The molecule has 0 spiro atoms. The minimum absolute atomic E-state index is 0.759. The molecule has 0 bridgehead atoms. The van der Waals surface area contributed by atoms with Gasteiger partial charge in [-0.05, 0) is 72.5 Å². The highest BCUT2D eigenvalue weighted by Gasteiger charge is 2.17. The van der Waals surface area contributed by atoms with Gasteiger partial charge in [-0.15, -0.1) is 0 Å². The highest BCUT2D eigenvalue weighted by Crippen LogP contribution is 2.38. The van der Waals surface area contributed by atoms with E-state index in [0.717, 1.165) is 61.4 Å². The van der Waals surface area contributed by atoms with E-state index >= 15 is 0 Å². The second-order valence-electron chi connectivity index (χ2n) is 11.2. The number of imidazole rings is 1. The molecule has 0 unspecified atom stereocenters. The second kappa shape index (κ2) is 9.54. The Balaban J connectivity index is 1.22. The summed E-state index contributed by atoms with van der Waals surface area (Å²) in [5.74, 6) is 2.40. The van der Waals surface area contributed by atoms with E-state index in [1.807, 2.05) is 36.7 Å². The van der Waals surface area contributed by atoms with Gasteiger partial charge in [0, 0.05) is 39.4 Å². The van der Waals surface area contributed by atoms with Crippen molar-refractivity contribution in [2.75, 3.05) is 0 Å². The van der Waals surface area contributed by atoms with Crippen LogP contribution < -0.4 is 4.74 Å². The average Bonchev–Trinajstić information content (AvgIpc) is 3.65. The zero-order valence-electron chi connectivity index (χ0n) is 24.0. The molecule has 208 valence electrons. The molecule has 5 nitrogen and oxygen atoms in total. The molecule has 0 saturated carbocycles. The van der Waals surface area contributed by atoms with E-state index in [1.54, 1.807) is 0 Å². The lowest BCUT2D eigenvalue weighted by Gasteiger charge is -2.13. The zero-order chi connectivity index (χ0) is 29.2. The maximum absolute atomic E-state index is 6.58. The van der Waals surface area contributed by atoms with Crippen molar-refractivity contribution in [3.63, 3.8) is 0 Å². The minimum atomic E-state index is 0.759. The van der Waals surface area contributed by atoms with Crippen LogP contribution in [0.5, 0.6) is 11.5 Å². The standard InChI is InChI=1S/C39H26N4O/c1-25-10-2-3-11-28(25)37-24-41-39-33-22-26(17-19-29(33)30-12-4-7-15-35(30)43(37)39)44-27-18-20-32-31-13-5-6-14-34(31)42(36(32)23-27)38-16-8-9-21-40-38/h2-24H,1H3. The molecule has 0 fully saturated rings. The summed E-state index contributed by atoms with van der Waals surface area (Å²) in [4.78, 5) is 9.64. The Kier molecular flexibility index (Phi) is 5.34. The van der Waals surface area contributed by atoms with Gasteiger partial charge in [0.1, 0.15) is 23.0 Å². The molecule has 9 rings (SSSR count). The largest absolute Gasteiger partial charge is 0.457 e. The summed E-state index contributed by atoms with van der Waals surface area (Å²) in [5.41, 5.74) is 7.67. The maximum Gasteiger partial charge on any atom is 0.145 e. The molecule has 5 heteroatoms. The van der Waals surface area contributed by atoms with Crippen molar-refractivity contribution in [3.8, 4) is 28.6 Å². The Morgan fingerprint density at radius 3 is 2.05 bits per heavy atom. The van der Waals surface area contributed by atoms with Crippen LogP contribution in [-0.2, 0) is 0 Å². The Hall–Kier alpha value is -5.94. The van der Waals surface area contributed by atoms with Crippen LogP contribution in [0.2, 0.25) is 0 Å². The minimum Gasteiger partial charge on any atom is -0.457 e. The zero-order valence-corrected chi connectivity index (χ0v) is 24.0. The normalized spacial score (nSPS) is 11.8. The number of nitrogens with zero attached hydrogens (tertiary/aromatic N) is 4. The molecule has 5 aromatic carbocycles. The number of aryl methyl sites for hydroxylation is 1. The third-order valence-electron chi connectivity index (χ3n) is 8.61. The number of para-hydroxylation sites is 2. The number of rotatable bonds is 4. The third-order valence-corrected chi connectivity index (χ3v) is 8.61. The van der Waals surface area contributed by atoms with E-state index in [2.05, 4.69) is 124 Å². The fraction of sp³-hybridized carbons (Fsp3) is 0.0256. The molecule has 0 amide bonds. The van der Waals surface area contributed by atoms with E-state index < -0.39 is 0 Å². The smallest absolute Gasteiger partial charge is 0.145 e. The summed E-state index contributed by atoms with van der Waals surface area (Å²) in [7, 11) is 0. The van der Waals surface area contributed by atoms with E-state index in [9.17, 15) is 0 Å². The predicted octanol–water partition coefficient (Wildman–Crippen LogP) is 9.90. The lowest BCUT2D eigenvalue weighted by Crippen LogP contribution is -1.96. The van der Waals surface area contributed by atoms with E-state index in [4.69, 9.17) is 9.72 Å². The van der Waals surface area contributed by atoms with Crippen molar-refractivity contribution in [2.24, 2.45) is 0 Å². The fourth-order valence-electron chi connectivity index (χ4n) is 6.62. The van der Waals surface area contributed by atoms with Crippen LogP contribution in [0.4, 0.5) is 0 Å². The lowest BCUT2D eigenvalue weighted by atomic mass is 10.0. The molecule has 9 aromatic rings. The second-order valence-corrected chi connectivity index (χ2v) is 11.2. The van der Waals surface area contributed by atoms with Crippen LogP contribution >= 0.6 is 0 Å². The highest BCUT2D eigenvalue weighted by atomic mass is 16.5. The van der Waals surface area contributed by atoms with Crippen molar-refractivity contribution >= 4 is 49.1 Å². The molecule has 0 aliphatic rings. The Labute approximate surface area is 253 Å². The number of benzene rings is 5. The average molecular weight is 567 g/mol. The van der Waals surface area contributed by atoms with Crippen molar-refractivity contribution < 1.29 is 4.74 Å². The summed E-state index contributed by atoms with van der Waals surface area (Å²) in [6.45, 7) is 2.15. The van der Waals surface area contributed by atoms with Gasteiger partial charge < -0.3 is 4.74 Å². The quantitative estimate of drug-likeness (QED) is 0.199. The summed E-state index contributed by atoms with van der Waals surface area (Å²) in [6, 6.07) is 44.1. The monoisotopic (exact) mass is 566 g/mol. The van der Waals surface area contributed by atoms with E-state index in [1.165, 1.54) is 21.9 Å². The first-order valence-electron chi connectivity index (χ1n) is 14.7. The molecular formula is C39H26N4O. The van der Waals surface area contributed by atoms with Crippen molar-refractivity contribution in [3.05, 3.63) is 145 Å². The molecule has 0 atom stereocenters. The SMILES string of the molecule is Cc1ccccc1-c1cnc2c3cc(Oc4ccc5c6ccccc6n(-c6ccccn6)c5c4)ccc3c3ccccc3n12. The number of aromatic nitrogens is 4. The molecule has 44 heavy (non-hydrogen) atoms.